The summed E-state index contributed by atoms with van der Waals surface area (Å²) >= 11 is 0. The molecule has 0 N–H and O–H groups in total. The van der Waals surface area contributed by atoms with Crippen molar-refractivity contribution in [1.82, 2.24) is 0 Å². The van der Waals surface area contributed by atoms with E-state index in [1.165, 1.54) is 33.4 Å². The molecular formula is C47H58O5P2. The van der Waals surface area contributed by atoms with Crippen molar-refractivity contribution in [3.05, 3.63) is 139 Å². The van der Waals surface area contributed by atoms with Crippen LogP contribution < -0.4 is 18.1 Å². The van der Waals surface area contributed by atoms with Gasteiger partial charge in [-0.15, -0.1) is 0 Å². The molecule has 2 atom stereocenters. The highest BCUT2D eigenvalue weighted by molar-refractivity contribution is 7.42. The van der Waals surface area contributed by atoms with Crippen molar-refractivity contribution < 1.29 is 22.6 Å². The molecule has 0 aliphatic heterocycles. The van der Waals surface area contributed by atoms with Crippen LogP contribution in [0.5, 0.6) is 23.0 Å². The summed E-state index contributed by atoms with van der Waals surface area (Å²) in [4.78, 5) is 0. The van der Waals surface area contributed by atoms with Gasteiger partial charge in [-0.2, -0.15) is 0 Å². The monoisotopic (exact) mass is 764 g/mol. The molecule has 0 saturated heterocycles. The van der Waals surface area contributed by atoms with Gasteiger partial charge in [0.05, 0.1) is 6.61 Å². The zero-order valence-electron chi connectivity index (χ0n) is 34.7. The van der Waals surface area contributed by atoms with Crippen LogP contribution in [-0.2, 0) is 11.1 Å². The Bertz CT molecular complexity index is 2130. The van der Waals surface area contributed by atoms with Crippen LogP contribution >= 0.6 is 17.6 Å². The third-order valence-corrected chi connectivity index (χ3v) is 11.9. The maximum atomic E-state index is 7.19. The van der Waals surface area contributed by atoms with Gasteiger partial charge < -0.3 is 18.1 Å². The Morgan fingerprint density at radius 2 is 0.981 bits per heavy atom. The molecule has 5 aromatic carbocycles. The molecule has 0 heterocycles. The second-order valence-electron chi connectivity index (χ2n) is 15.5. The highest BCUT2D eigenvalue weighted by Crippen LogP contribution is 2.54. The molecule has 0 radical (unpaired) electrons. The molecule has 5 aromatic rings. The average Bonchev–Trinajstić information content (AvgIpc) is 3.09. The van der Waals surface area contributed by atoms with Gasteiger partial charge in [0, 0.05) is 11.1 Å². The predicted molar refractivity (Wildman–Crippen MR) is 229 cm³/mol. The van der Waals surface area contributed by atoms with E-state index in [-0.39, 0.29) is 20.9 Å². The molecule has 0 bridgehead atoms. The Hall–Kier alpha value is -3.88. The predicted octanol–water partition coefficient (Wildman–Crippen LogP) is 14.6. The van der Waals surface area contributed by atoms with Crippen LogP contribution in [0, 0.1) is 69.2 Å². The number of aryl methyl sites for hydroxylation is 8. The fourth-order valence-electron chi connectivity index (χ4n) is 6.78. The zero-order chi connectivity index (χ0) is 39.4. The fourth-order valence-corrected chi connectivity index (χ4v) is 8.55. The highest BCUT2D eigenvalue weighted by Gasteiger charge is 2.30. The van der Waals surface area contributed by atoms with Crippen molar-refractivity contribution in [2.75, 3.05) is 0 Å². The SMILES string of the molecule is Cc1ccc(COP(Oc2ccc(C)cc2C)Oc2c(C(C)C)cc(C)c(C)c2-c2c(C)c(C)cc(C(C)C)c2OPOc2ccc(C)cc2C)c(C)c1. The Labute approximate surface area is 327 Å². The van der Waals surface area contributed by atoms with Gasteiger partial charge in [0.15, 0.2) is 0 Å². The van der Waals surface area contributed by atoms with E-state index in [4.69, 9.17) is 22.6 Å². The zero-order valence-corrected chi connectivity index (χ0v) is 36.6. The first-order chi connectivity index (χ1) is 25.5. The molecule has 5 nitrogen and oxygen atoms in total. The van der Waals surface area contributed by atoms with Gasteiger partial charge in [-0.3, -0.25) is 4.52 Å². The summed E-state index contributed by atoms with van der Waals surface area (Å²) in [5.41, 5.74) is 16.8. The maximum absolute atomic E-state index is 7.19. The van der Waals surface area contributed by atoms with Gasteiger partial charge in [-0.25, -0.2) is 0 Å². The van der Waals surface area contributed by atoms with E-state index in [0.29, 0.717) is 6.61 Å². The second kappa shape index (κ2) is 17.7. The lowest BCUT2D eigenvalue weighted by molar-refractivity contribution is 0.255. The summed E-state index contributed by atoms with van der Waals surface area (Å²) in [7, 11) is -2.15. The lowest BCUT2D eigenvalue weighted by Crippen LogP contribution is -2.08. The van der Waals surface area contributed by atoms with E-state index in [0.717, 1.165) is 73.1 Å². The van der Waals surface area contributed by atoms with Crippen LogP contribution in [0.4, 0.5) is 0 Å². The minimum Gasteiger partial charge on any atom is -0.440 e. The lowest BCUT2D eigenvalue weighted by Gasteiger charge is -2.28. The van der Waals surface area contributed by atoms with Crippen LogP contribution in [0.25, 0.3) is 11.1 Å². The molecule has 286 valence electrons. The van der Waals surface area contributed by atoms with Crippen LogP contribution in [0.1, 0.15) is 112 Å². The van der Waals surface area contributed by atoms with Gasteiger partial charge >= 0.3 is 8.60 Å². The van der Waals surface area contributed by atoms with E-state index in [9.17, 15) is 0 Å². The Morgan fingerprint density at radius 3 is 1.50 bits per heavy atom. The quantitative estimate of drug-likeness (QED) is 0.105. The number of benzene rings is 5. The molecule has 0 saturated carbocycles. The van der Waals surface area contributed by atoms with E-state index in [1.807, 2.05) is 12.1 Å². The molecule has 5 rings (SSSR count). The number of rotatable bonds is 14. The molecule has 54 heavy (non-hydrogen) atoms. The molecule has 0 aliphatic rings. The Kier molecular flexibility index (Phi) is 13.5. The molecule has 0 aromatic heterocycles. The Balaban J connectivity index is 1.68. The minimum absolute atomic E-state index is 0.157. The van der Waals surface area contributed by atoms with Crippen LogP contribution in [0.15, 0.2) is 66.7 Å². The molecular weight excluding hydrogens is 706 g/mol. The summed E-state index contributed by atoms with van der Waals surface area (Å²) in [6.45, 7) is 30.5. The van der Waals surface area contributed by atoms with Gasteiger partial charge in [0.25, 0.3) is 9.03 Å². The van der Waals surface area contributed by atoms with Crippen molar-refractivity contribution in [2.24, 2.45) is 0 Å². The molecule has 0 aliphatic carbocycles. The molecule has 0 spiro atoms. The van der Waals surface area contributed by atoms with Crippen molar-refractivity contribution >= 4 is 17.6 Å². The lowest BCUT2D eigenvalue weighted by atomic mass is 9.84. The van der Waals surface area contributed by atoms with E-state index in [1.54, 1.807) is 0 Å². The fraction of sp³-hybridized carbons (Fsp3) is 0.362. The summed E-state index contributed by atoms with van der Waals surface area (Å²) < 4.78 is 33.7. The smallest absolute Gasteiger partial charge is 0.440 e. The Morgan fingerprint density at radius 1 is 0.500 bits per heavy atom. The number of hydrogen-bond acceptors (Lipinski definition) is 5. The standard InChI is InChI=1S/C47H58O5P2/c1-27(2)40-24-32(8)37(13)44(46(40)50-53-49-42-19-16-30(6)22-35(42)11)45-38(14)33(9)25-41(28(3)4)47(45)52-54(51-43-20-17-31(7)23-36(43)12)48-26-39-18-15-29(5)21-34(39)10/h15-25,27-28,53H,26H2,1-14H3. The molecule has 7 heteroatoms. The molecule has 0 amide bonds. The normalized spacial score (nSPS) is 12.2. The summed E-state index contributed by atoms with van der Waals surface area (Å²) in [5, 5.41) is 0. The van der Waals surface area contributed by atoms with Crippen LogP contribution in [-0.4, -0.2) is 0 Å². The first-order valence-electron chi connectivity index (χ1n) is 18.9. The van der Waals surface area contributed by atoms with Gasteiger partial charge in [0.1, 0.15) is 23.0 Å². The van der Waals surface area contributed by atoms with Crippen molar-refractivity contribution in [2.45, 2.75) is 115 Å². The largest absolute Gasteiger partial charge is 0.463 e. The van der Waals surface area contributed by atoms with Crippen LogP contribution in [0.2, 0.25) is 0 Å². The van der Waals surface area contributed by atoms with E-state index < -0.39 is 8.60 Å². The van der Waals surface area contributed by atoms with Crippen molar-refractivity contribution in [3.8, 4) is 34.1 Å². The minimum atomic E-state index is -1.91. The average molecular weight is 765 g/mol. The van der Waals surface area contributed by atoms with E-state index in [2.05, 4.69) is 152 Å². The highest BCUT2D eigenvalue weighted by atomic mass is 31.2. The number of hydrogen-bond donors (Lipinski definition) is 0. The third-order valence-electron chi connectivity index (χ3n) is 10.3. The summed E-state index contributed by atoms with van der Waals surface area (Å²) in [6, 6.07) is 23.4. The van der Waals surface area contributed by atoms with Gasteiger partial charge in [-0.1, -0.05) is 99.0 Å². The first kappa shape index (κ1) is 41.3. The summed E-state index contributed by atoms with van der Waals surface area (Å²) in [6.07, 6.45) is 0. The molecule has 2 unspecified atom stereocenters. The second-order valence-corrected chi connectivity index (χ2v) is 17.1. The van der Waals surface area contributed by atoms with Crippen molar-refractivity contribution in [3.63, 3.8) is 0 Å². The van der Waals surface area contributed by atoms with Gasteiger partial charge in [0.2, 0.25) is 0 Å². The maximum Gasteiger partial charge on any atom is 0.463 e. The third kappa shape index (κ3) is 9.49. The van der Waals surface area contributed by atoms with E-state index >= 15 is 0 Å². The first-order valence-corrected chi connectivity index (χ1v) is 20.8. The van der Waals surface area contributed by atoms with Gasteiger partial charge in [-0.05, 0) is 149 Å². The molecule has 0 fully saturated rings. The summed E-state index contributed by atoms with van der Waals surface area (Å²) in [5.74, 6) is 3.50. The van der Waals surface area contributed by atoms with Crippen LogP contribution in [0.3, 0.4) is 0 Å². The van der Waals surface area contributed by atoms with Crippen molar-refractivity contribution in [1.29, 1.82) is 0 Å². The topological polar surface area (TPSA) is 46.2 Å².